The van der Waals surface area contributed by atoms with Gasteiger partial charge in [-0.05, 0) is 24.6 Å². The second kappa shape index (κ2) is 5.71. The van der Waals surface area contributed by atoms with Crippen molar-refractivity contribution in [1.82, 2.24) is 5.32 Å². The normalized spacial score (nSPS) is 12.9. The molecular weight excluding hydrogens is 263 g/mol. The highest BCUT2D eigenvalue weighted by molar-refractivity contribution is 9.10. The highest BCUT2D eigenvalue weighted by Gasteiger charge is 2.02. The lowest BCUT2D eigenvalue weighted by molar-refractivity contribution is 0.556. The van der Waals surface area contributed by atoms with Crippen LogP contribution in [0.1, 0.15) is 12.5 Å². The lowest BCUT2D eigenvalue weighted by atomic mass is 10.2. The van der Waals surface area contributed by atoms with E-state index < -0.39 is 0 Å². The summed E-state index contributed by atoms with van der Waals surface area (Å²) in [5, 5.41) is 4.06. The van der Waals surface area contributed by atoms with Crippen LogP contribution in [0, 0.1) is 0 Å². The number of rotatable bonds is 4. The Kier molecular flexibility index (Phi) is 4.89. The van der Waals surface area contributed by atoms with Gasteiger partial charge in [0.2, 0.25) is 0 Å². The van der Waals surface area contributed by atoms with Crippen LogP contribution in [0.4, 0.5) is 0 Å². The van der Waals surface area contributed by atoms with Crippen LogP contribution in [0.3, 0.4) is 0 Å². The second-order valence-electron chi connectivity index (χ2n) is 3.25. The molecule has 78 valence electrons. The van der Waals surface area contributed by atoms with Crippen LogP contribution in [0.25, 0.3) is 0 Å². The minimum absolute atomic E-state index is 0.315. The van der Waals surface area contributed by atoms with Crippen molar-refractivity contribution in [2.24, 2.45) is 5.73 Å². The SMILES string of the molecule is CC(CN)NCc1ccc(Br)cc1Cl. The molecule has 0 aliphatic rings. The highest BCUT2D eigenvalue weighted by Crippen LogP contribution is 2.21. The maximum absolute atomic E-state index is 6.05. The van der Waals surface area contributed by atoms with Gasteiger partial charge in [-0.25, -0.2) is 0 Å². The molecule has 1 unspecified atom stereocenters. The predicted octanol–water partition coefficient (Wildman–Crippen LogP) is 2.54. The van der Waals surface area contributed by atoms with Crippen LogP contribution in [0.15, 0.2) is 22.7 Å². The molecule has 2 nitrogen and oxygen atoms in total. The van der Waals surface area contributed by atoms with Crippen LogP contribution < -0.4 is 11.1 Å². The summed E-state index contributed by atoms with van der Waals surface area (Å²) >= 11 is 9.42. The van der Waals surface area contributed by atoms with Crippen molar-refractivity contribution in [3.63, 3.8) is 0 Å². The number of nitrogens with one attached hydrogen (secondary N) is 1. The smallest absolute Gasteiger partial charge is 0.0462 e. The van der Waals surface area contributed by atoms with Crippen LogP contribution in [0.5, 0.6) is 0 Å². The highest BCUT2D eigenvalue weighted by atomic mass is 79.9. The first-order chi connectivity index (χ1) is 6.63. The Labute approximate surface area is 98.0 Å². The van der Waals surface area contributed by atoms with Crippen molar-refractivity contribution in [2.45, 2.75) is 19.5 Å². The third-order valence-electron chi connectivity index (χ3n) is 2.01. The monoisotopic (exact) mass is 276 g/mol. The van der Waals surface area contributed by atoms with Gasteiger partial charge in [0.05, 0.1) is 0 Å². The van der Waals surface area contributed by atoms with Crippen molar-refractivity contribution in [2.75, 3.05) is 6.54 Å². The summed E-state index contributed by atoms with van der Waals surface area (Å²) in [5.74, 6) is 0. The Morgan fingerprint density at radius 3 is 2.86 bits per heavy atom. The Morgan fingerprint density at radius 1 is 1.57 bits per heavy atom. The maximum atomic E-state index is 6.05. The lowest BCUT2D eigenvalue weighted by Crippen LogP contribution is -2.32. The van der Waals surface area contributed by atoms with Crippen molar-refractivity contribution in [3.05, 3.63) is 33.3 Å². The largest absolute Gasteiger partial charge is 0.329 e. The van der Waals surface area contributed by atoms with E-state index in [-0.39, 0.29) is 0 Å². The average Bonchev–Trinajstić information content (AvgIpc) is 2.16. The van der Waals surface area contributed by atoms with Gasteiger partial charge in [0.25, 0.3) is 0 Å². The van der Waals surface area contributed by atoms with Gasteiger partial charge in [-0.2, -0.15) is 0 Å². The molecule has 1 aromatic rings. The summed E-state index contributed by atoms with van der Waals surface area (Å²) < 4.78 is 0.998. The molecule has 0 aromatic heterocycles. The van der Waals surface area contributed by atoms with Crippen molar-refractivity contribution in [3.8, 4) is 0 Å². The number of nitrogens with two attached hydrogens (primary N) is 1. The number of hydrogen-bond donors (Lipinski definition) is 2. The van der Waals surface area contributed by atoms with Crippen LogP contribution in [-0.4, -0.2) is 12.6 Å². The molecule has 0 saturated carbocycles. The zero-order chi connectivity index (χ0) is 10.6. The Morgan fingerprint density at radius 2 is 2.29 bits per heavy atom. The molecule has 3 N–H and O–H groups in total. The van der Waals surface area contributed by atoms with Gasteiger partial charge in [-0.15, -0.1) is 0 Å². The summed E-state index contributed by atoms with van der Waals surface area (Å²) in [5.41, 5.74) is 6.59. The van der Waals surface area contributed by atoms with E-state index in [4.69, 9.17) is 17.3 Å². The minimum Gasteiger partial charge on any atom is -0.329 e. The summed E-state index contributed by atoms with van der Waals surface area (Å²) in [6.07, 6.45) is 0. The quantitative estimate of drug-likeness (QED) is 0.887. The molecule has 0 fully saturated rings. The number of halogens is 2. The number of benzene rings is 1. The molecule has 0 heterocycles. The Balaban J connectivity index is 2.59. The van der Waals surface area contributed by atoms with Crippen LogP contribution in [-0.2, 0) is 6.54 Å². The standard InChI is InChI=1S/C10H14BrClN2/c1-7(5-13)14-6-8-2-3-9(11)4-10(8)12/h2-4,7,14H,5-6,13H2,1H3. The Hall–Kier alpha value is -0.0900. The van der Waals surface area contributed by atoms with Gasteiger partial charge < -0.3 is 11.1 Å². The van der Waals surface area contributed by atoms with Gasteiger partial charge in [-0.1, -0.05) is 33.6 Å². The molecule has 1 rings (SSSR count). The van der Waals surface area contributed by atoms with Crippen molar-refractivity contribution < 1.29 is 0 Å². The van der Waals surface area contributed by atoms with E-state index in [0.29, 0.717) is 12.6 Å². The minimum atomic E-state index is 0.315. The van der Waals surface area contributed by atoms with Crippen LogP contribution in [0.2, 0.25) is 5.02 Å². The first-order valence-electron chi connectivity index (χ1n) is 4.51. The number of hydrogen-bond acceptors (Lipinski definition) is 2. The molecule has 0 aliphatic carbocycles. The zero-order valence-corrected chi connectivity index (χ0v) is 10.4. The predicted molar refractivity (Wildman–Crippen MR) is 64.5 cm³/mol. The first kappa shape index (κ1) is 12.0. The first-order valence-corrected chi connectivity index (χ1v) is 5.68. The summed E-state index contributed by atoms with van der Waals surface area (Å²) in [7, 11) is 0. The second-order valence-corrected chi connectivity index (χ2v) is 4.58. The van der Waals surface area contributed by atoms with E-state index in [1.165, 1.54) is 0 Å². The fraction of sp³-hybridized carbons (Fsp3) is 0.400. The summed E-state index contributed by atoms with van der Waals surface area (Å²) in [4.78, 5) is 0. The Bertz CT molecular complexity index is 304. The van der Waals surface area contributed by atoms with E-state index in [2.05, 4.69) is 21.2 Å². The van der Waals surface area contributed by atoms with Gasteiger partial charge in [0.15, 0.2) is 0 Å². The van der Waals surface area contributed by atoms with Gasteiger partial charge in [0, 0.05) is 28.6 Å². The van der Waals surface area contributed by atoms with E-state index in [0.717, 1.165) is 21.6 Å². The summed E-state index contributed by atoms with van der Waals surface area (Å²) in [6.45, 7) is 3.44. The molecule has 0 saturated heterocycles. The topological polar surface area (TPSA) is 38.0 Å². The molecule has 0 bridgehead atoms. The van der Waals surface area contributed by atoms with Crippen molar-refractivity contribution in [1.29, 1.82) is 0 Å². The van der Waals surface area contributed by atoms with Gasteiger partial charge in [0.1, 0.15) is 0 Å². The van der Waals surface area contributed by atoms with E-state index >= 15 is 0 Å². The van der Waals surface area contributed by atoms with E-state index in [9.17, 15) is 0 Å². The molecule has 14 heavy (non-hydrogen) atoms. The third kappa shape index (κ3) is 3.58. The van der Waals surface area contributed by atoms with E-state index in [1.807, 2.05) is 25.1 Å². The molecule has 4 heteroatoms. The molecule has 0 spiro atoms. The molecular formula is C10H14BrClN2. The molecule has 1 aromatic carbocycles. The molecule has 1 atom stereocenters. The molecule has 0 amide bonds. The fourth-order valence-electron chi connectivity index (χ4n) is 1.03. The maximum Gasteiger partial charge on any atom is 0.0462 e. The van der Waals surface area contributed by atoms with Crippen molar-refractivity contribution >= 4 is 27.5 Å². The summed E-state index contributed by atoms with van der Waals surface area (Å²) in [6, 6.07) is 6.19. The van der Waals surface area contributed by atoms with Gasteiger partial charge in [-0.3, -0.25) is 0 Å². The van der Waals surface area contributed by atoms with Gasteiger partial charge >= 0.3 is 0 Å². The molecule has 0 aliphatic heterocycles. The van der Waals surface area contributed by atoms with E-state index in [1.54, 1.807) is 0 Å². The lowest BCUT2D eigenvalue weighted by Gasteiger charge is -2.12. The molecule has 0 radical (unpaired) electrons. The average molecular weight is 278 g/mol. The third-order valence-corrected chi connectivity index (χ3v) is 2.85. The fourth-order valence-corrected chi connectivity index (χ4v) is 1.77. The van der Waals surface area contributed by atoms with Crippen LogP contribution >= 0.6 is 27.5 Å². The zero-order valence-electron chi connectivity index (χ0n) is 8.06.